The van der Waals surface area contributed by atoms with Crippen molar-refractivity contribution in [3.05, 3.63) is 18.3 Å². The largest absolute Gasteiger partial charge is 0.384 e. The van der Waals surface area contributed by atoms with E-state index in [1.165, 1.54) is 0 Å². The number of aromatic nitrogens is 1. The third-order valence-corrected chi connectivity index (χ3v) is 2.78. The Hall–Kier alpha value is -1.78. The third kappa shape index (κ3) is 2.42. The number of likely N-dealkylation sites (N-methyl/N-ethyl adjacent to an activating group) is 1. The van der Waals surface area contributed by atoms with Gasteiger partial charge in [-0.1, -0.05) is 0 Å². The minimum absolute atomic E-state index is 0.215. The number of pyridine rings is 1. The maximum atomic E-state index is 11.3. The third-order valence-electron chi connectivity index (χ3n) is 2.78. The molecule has 5 heteroatoms. The van der Waals surface area contributed by atoms with Gasteiger partial charge in [-0.3, -0.25) is 4.79 Å². The number of nitrogens with zero attached hydrogens (tertiary/aromatic N) is 2. The first-order valence-electron chi connectivity index (χ1n) is 5.37. The molecule has 2 heterocycles. The lowest BCUT2D eigenvalue weighted by Crippen LogP contribution is -2.43. The normalized spacial score (nSPS) is 20.9. The summed E-state index contributed by atoms with van der Waals surface area (Å²) in [6.45, 7) is 0.737. The molecule has 2 rings (SSSR count). The van der Waals surface area contributed by atoms with E-state index in [1.807, 2.05) is 13.1 Å². The molecule has 0 saturated carbocycles. The van der Waals surface area contributed by atoms with Gasteiger partial charge < -0.3 is 16.0 Å². The standard InChI is InChI=1S/C11H16N4O/c1-15-7-9(2-3-11(15)16)14-8-4-5-13-10(12)6-8/h4-6,9H,2-3,7H2,1H3,(H3,12,13,14). The van der Waals surface area contributed by atoms with Gasteiger partial charge in [0, 0.05) is 44.0 Å². The zero-order valence-corrected chi connectivity index (χ0v) is 9.31. The first-order chi connectivity index (χ1) is 7.65. The summed E-state index contributed by atoms with van der Waals surface area (Å²) >= 11 is 0. The molecule has 0 aliphatic carbocycles. The minimum Gasteiger partial charge on any atom is -0.384 e. The van der Waals surface area contributed by atoms with E-state index in [0.29, 0.717) is 18.3 Å². The predicted octanol–water partition coefficient (Wildman–Crippen LogP) is 0.696. The molecule has 1 aliphatic heterocycles. The fourth-order valence-corrected chi connectivity index (χ4v) is 1.90. The molecule has 86 valence electrons. The maximum Gasteiger partial charge on any atom is 0.222 e. The van der Waals surface area contributed by atoms with Gasteiger partial charge in [0.05, 0.1) is 0 Å². The second-order valence-electron chi connectivity index (χ2n) is 4.12. The first kappa shape index (κ1) is 10.7. The van der Waals surface area contributed by atoms with Crippen LogP contribution in [0.1, 0.15) is 12.8 Å². The highest BCUT2D eigenvalue weighted by Gasteiger charge is 2.22. The fourth-order valence-electron chi connectivity index (χ4n) is 1.90. The minimum atomic E-state index is 0.215. The van der Waals surface area contributed by atoms with Crippen LogP contribution >= 0.6 is 0 Å². The van der Waals surface area contributed by atoms with Crippen LogP contribution in [0.5, 0.6) is 0 Å². The Morgan fingerprint density at radius 3 is 3.12 bits per heavy atom. The first-order valence-corrected chi connectivity index (χ1v) is 5.37. The van der Waals surface area contributed by atoms with Gasteiger partial charge in [0.15, 0.2) is 0 Å². The van der Waals surface area contributed by atoms with Crippen LogP contribution in [0.15, 0.2) is 18.3 Å². The van der Waals surface area contributed by atoms with Gasteiger partial charge in [0.25, 0.3) is 0 Å². The molecule has 1 unspecified atom stereocenters. The van der Waals surface area contributed by atoms with E-state index in [4.69, 9.17) is 5.73 Å². The molecule has 1 aliphatic rings. The second kappa shape index (κ2) is 4.38. The average molecular weight is 220 g/mol. The van der Waals surface area contributed by atoms with E-state index < -0.39 is 0 Å². The Morgan fingerprint density at radius 2 is 2.44 bits per heavy atom. The number of piperidine rings is 1. The number of amides is 1. The highest BCUT2D eigenvalue weighted by Crippen LogP contribution is 2.16. The molecule has 0 radical (unpaired) electrons. The molecule has 1 amide bonds. The lowest BCUT2D eigenvalue weighted by molar-refractivity contribution is -0.132. The molecule has 0 spiro atoms. The molecule has 3 N–H and O–H groups in total. The summed E-state index contributed by atoms with van der Waals surface area (Å²) in [5, 5.41) is 3.36. The van der Waals surface area contributed by atoms with E-state index in [9.17, 15) is 4.79 Å². The molecule has 1 atom stereocenters. The van der Waals surface area contributed by atoms with Crippen LogP contribution < -0.4 is 11.1 Å². The topological polar surface area (TPSA) is 71.2 Å². The monoisotopic (exact) mass is 220 g/mol. The molecular formula is C11H16N4O. The molecule has 1 fully saturated rings. The smallest absolute Gasteiger partial charge is 0.222 e. The quantitative estimate of drug-likeness (QED) is 0.769. The second-order valence-corrected chi connectivity index (χ2v) is 4.12. The average Bonchev–Trinajstić information content (AvgIpc) is 2.24. The lowest BCUT2D eigenvalue weighted by Gasteiger charge is -2.30. The van der Waals surface area contributed by atoms with Crippen molar-refractivity contribution >= 4 is 17.4 Å². The van der Waals surface area contributed by atoms with E-state index >= 15 is 0 Å². The highest BCUT2D eigenvalue weighted by atomic mass is 16.2. The summed E-state index contributed by atoms with van der Waals surface area (Å²) in [4.78, 5) is 17.0. The Bertz CT molecular complexity index is 393. The number of anilines is 2. The number of hydrogen-bond acceptors (Lipinski definition) is 4. The Kier molecular flexibility index (Phi) is 2.94. The van der Waals surface area contributed by atoms with Crippen LogP contribution in [0.3, 0.4) is 0 Å². The molecule has 1 aromatic heterocycles. The Labute approximate surface area is 94.6 Å². The van der Waals surface area contributed by atoms with Gasteiger partial charge in [-0.15, -0.1) is 0 Å². The van der Waals surface area contributed by atoms with Crippen LogP contribution in [-0.4, -0.2) is 35.4 Å². The van der Waals surface area contributed by atoms with Gasteiger partial charge in [0.2, 0.25) is 5.91 Å². The highest BCUT2D eigenvalue weighted by molar-refractivity contribution is 5.77. The molecule has 1 saturated heterocycles. The van der Waals surface area contributed by atoms with E-state index in [-0.39, 0.29) is 5.91 Å². The van der Waals surface area contributed by atoms with Crippen LogP contribution in [-0.2, 0) is 4.79 Å². The van der Waals surface area contributed by atoms with Gasteiger partial charge in [-0.25, -0.2) is 4.98 Å². The molecule has 5 nitrogen and oxygen atoms in total. The number of nitrogens with two attached hydrogens (primary N) is 1. The van der Waals surface area contributed by atoms with Gasteiger partial charge in [0.1, 0.15) is 5.82 Å². The lowest BCUT2D eigenvalue weighted by atomic mass is 10.1. The van der Waals surface area contributed by atoms with Crippen molar-refractivity contribution < 1.29 is 4.79 Å². The summed E-state index contributed by atoms with van der Waals surface area (Å²) in [6.07, 6.45) is 3.15. The number of rotatable bonds is 2. The van der Waals surface area contributed by atoms with Gasteiger partial charge >= 0.3 is 0 Å². The molecule has 16 heavy (non-hydrogen) atoms. The fraction of sp³-hybridized carbons (Fsp3) is 0.455. The van der Waals surface area contributed by atoms with E-state index in [1.54, 1.807) is 17.2 Å². The zero-order valence-electron chi connectivity index (χ0n) is 9.31. The van der Waals surface area contributed by atoms with Crippen molar-refractivity contribution in [3.63, 3.8) is 0 Å². The van der Waals surface area contributed by atoms with E-state index in [2.05, 4.69) is 10.3 Å². The number of carbonyl (C=O) groups is 1. The number of likely N-dealkylation sites (tertiary alicyclic amines) is 1. The summed E-state index contributed by atoms with van der Waals surface area (Å²) < 4.78 is 0. The number of carbonyl (C=O) groups excluding carboxylic acids is 1. The van der Waals surface area contributed by atoms with Gasteiger partial charge in [-0.05, 0) is 12.5 Å². The van der Waals surface area contributed by atoms with Crippen molar-refractivity contribution in [1.29, 1.82) is 0 Å². The van der Waals surface area contributed by atoms with Crippen molar-refractivity contribution in [2.24, 2.45) is 0 Å². The van der Waals surface area contributed by atoms with Crippen LogP contribution in [0.2, 0.25) is 0 Å². The summed E-state index contributed by atoms with van der Waals surface area (Å²) in [5.74, 6) is 0.720. The van der Waals surface area contributed by atoms with Crippen molar-refractivity contribution in [2.75, 3.05) is 24.6 Å². The molecule has 0 bridgehead atoms. The van der Waals surface area contributed by atoms with Crippen LogP contribution in [0.25, 0.3) is 0 Å². The number of nitrogen functional groups attached to an aromatic ring is 1. The Morgan fingerprint density at radius 1 is 1.62 bits per heavy atom. The van der Waals surface area contributed by atoms with Gasteiger partial charge in [-0.2, -0.15) is 0 Å². The van der Waals surface area contributed by atoms with Crippen molar-refractivity contribution in [3.8, 4) is 0 Å². The number of nitrogens with one attached hydrogen (secondary N) is 1. The van der Waals surface area contributed by atoms with E-state index in [0.717, 1.165) is 18.7 Å². The summed E-state index contributed by atoms with van der Waals surface area (Å²) in [7, 11) is 1.83. The predicted molar refractivity (Wildman–Crippen MR) is 62.9 cm³/mol. The van der Waals surface area contributed by atoms with Crippen LogP contribution in [0, 0.1) is 0 Å². The SMILES string of the molecule is CN1CC(Nc2ccnc(N)c2)CCC1=O. The summed E-state index contributed by atoms with van der Waals surface area (Å²) in [6, 6.07) is 3.98. The molecular weight excluding hydrogens is 204 g/mol. The number of hydrogen-bond donors (Lipinski definition) is 2. The van der Waals surface area contributed by atoms with Crippen LogP contribution in [0.4, 0.5) is 11.5 Å². The van der Waals surface area contributed by atoms with Crippen molar-refractivity contribution in [2.45, 2.75) is 18.9 Å². The molecule has 1 aromatic rings. The Balaban J connectivity index is 1.98. The molecule has 0 aromatic carbocycles. The van der Waals surface area contributed by atoms with Crippen molar-refractivity contribution in [1.82, 2.24) is 9.88 Å². The zero-order chi connectivity index (χ0) is 11.5. The summed E-state index contributed by atoms with van der Waals surface area (Å²) in [5.41, 5.74) is 6.56. The maximum absolute atomic E-state index is 11.3.